The number of hydrogen-bond donors (Lipinski definition) is 2. The van der Waals surface area contributed by atoms with Crippen LogP contribution < -0.4 is 14.8 Å². The first-order valence-corrected chi connectivity index (χ1v) is 10.5. The number of halogens is 3. The Labute approximate surface area is 181 Å². The number of ether oxygens (including phenoxy) is 2. The number of rotatable bonds is 10. The molecule has 0 aliphatic heterocycles. The highest BCUT2D eigenvalue weighted by molar-refractivity contribution is 7.89. The Morgan fingerprint density at radius 1 is 1.32 bits per heavy atom. The number of benzene rings is 1. The number of carbonyl (C=O) groups excluding carboxylic acids is 2. The molecule has 0 unspecified atom stereocenters. The van der Waals surface area contributed by atoms with Gasteiger partial charge in [-0.3, -0.25) is 9.59 Å². The van der Waals surface area contributed by atoms with Crippen molar-refractivity contribution in [2.24, 2.45) is 7.05 Å². The second kappa shape index (κ2) is 10.5. The Balaban J connectivity index is 1.75. The number of esters is 1. The van der Waals surface area contributed by atoms with Gasteiger partial charge >= 0.3 is 12.6 Å². The summed E-state index contributed by atoms with van der Waals surface area (Å²) in [6.07, 6.45) is 1.02. The molecule has 0 atom stereocenters. The fourth-order valence-corrected chi connectivity index (χ4v) is 3.50. The predicted octanol–water partition coefficient (Wildman–Crippen LogP) is 1.83. The van der Waals surface area contributed by atoms with Gasteiger partial charge in [0, 0.05) is 25.5 Å². The van der Waals surface area contributed by atoms with Crippen LogP contribution in [0.25, 0.3) is 0 Å². The predicted molar refractivity (Wildman–Crippen MR) is 105 cm³/mol. The molecule has 170 valence electrons. The molecule has 0 radical (unpaired) electrons. The van der Waals surface area contributed by atoms with E-state index in [4.69, 9.17) is 16.3 Å². The van der Waals surface area contributed by atoms with Crippen molar-refractivity contribution in [3.63, 3.8) is 0 Å². The summed E-state index contributed by atoms with van der Waals surface area (Å²) >= 11 is 5.78. The molecule has 0 saturated heterocycles. The number of imidazole rings is 1. The smallest absolute Gasteiger partial charge is 0.387 e. The van der Waals surface area contributed by atoms with E-state index in [1.165, 1.54) is 22.9 Å². The lowest BCUT2D eigenvalue weighted by molar-refractivity contribution is -0.147. The maximum Gasteiger partial charge on any atom is 0.387 e. The largest absolute Gasteiger partial charge is 0.456 e. The molecule has 2 rings (SSSR count). The highest BCUT2D eigenvalue weighted by atomic mass is 35.5. The topological polar surface area (TPSA) is 129 Å². The molecule has 2 N–H and O–H groups in total. The van der Waals surface area contributed by atoms with Gasteiger partial charge < -0.3 is 19.4 Å². The van der Waals surface area contributed by atoms with Crippen LogP contribution in [0, 0.1) is 6.92 Å². The summed E-state index contributed by atoms with van der Waals surface area (Å²) in [7, 11) is -2.24. The summed E-state index contributed by atoms with van der Waals surface area (Å²) in [6, 6.07) is 3.61. The molecule has 31 heavy (non-hydrogen) atoms. The third kappa shape index (κ3) is 7.45. The molecule has 10 nitrogen and oxygen atoms in total. The third-order valence-corrected chi connectivity index (χ3v) is 5.41. The molecule has 0 fully saturated rings. The van der Waals surface area contributed by atoms with E-state index >= 15 is 0 Å². The van der Waals surface area contributed by atoms with Gasteiger partial charge in [-0.1, -0.05) is 11.6 Å². The molecular formula is C17H19ClF2N4O6S. The Hall–Kier alpha value is -2.77. The number of nitrogens with zero attached hydrogens (tertiary/aromatic N) is 2. The van der Waals surface area contributed by atoms with Gasteiger partial charge in [0.05, 0.1) is 11.4 Å². The van der Waals surface area contributed by atoms with E-state index in [1.54, 1.807) is 14.0 Å². The number of hydrogen-bond acceptors (Lipinski definition) is 7. The van der Waals surface area contributed by atoms with E-state index in [1.807, 2.05) is 0 Å². The number of sulfonamides is 1. The highest BCUT2D eigenvalue weighted by Gasteiger charge is 2.19. The molecule has 0 aliphatic carbocycles. The number of amides is 1. The van der Waals surface area contributed by atoms with Crippen LogP contribution >= 0.6 is 11.6 Å². The van der Waals surface area contributed by atoms with Gasteiger partial charge in [0.15, 0.2) is 11.6 Å². The summed E-state index contributed by atoms with van der Waals surface area (Å²) in [5.41, 5.74) is 0.172. The van der Waals surface area contributed by atoms with Crippen molar-refractivity contribution >= 4 is 39.2 Å². The average Bonchev–Trinajstić information content (AvgIpc) is 3.01. The van der Waals surface area contributed by atoms with Crippen LogP contribution in [0.5, 0.6) is 5.75 Å². The number of alkyl halides is 2. The average molecular weight is 481 g/mol. The Morgan fingerprint density at radius 3 is 2.61 bits per heavy atom. The van der Waals surface area contributed by atoms with Crippen LogP contribution in [0.4, 0.5) is 14.5 Å². The fraction of sp³-hybridized carbons (Fsp3) is 0.353. The molecule has 14 heteroatoms. The van der Waals surface area contributed by atoms with E-state index in [2.05, 4.69) is 19.8 Å². The van der Waals surface area contributed by atoms with E-state index < -0.39 is 35.1 Å². The number of nitrogens with one attached hydrogen (secondary N) is 2. The lowest BCUT2D eigenvalue weighted by Gasteiger charge is -2.10. The summed E-state index contributed by atoms with van der Waals surface area (Å²) in [5, 5.41) is 2.04. The molecule has 2 aromatic rings. The second-order valence-electron chi connectivity index (χ2n) is 6.12. The summed E-state index contributed by atoms with van der Waals surface area (Å²) in [5.74, 6) is -1.28. The van der Waals surface area contributed by atoms with Gasteiger partial charge in [0.1, 0.15) is 11.6 Å². The van der Waals surface area contributed by atoms with Crippen molar-refractivity contribution in [3.8, 4) is 5.75 Å². The van der Waals surface area contributed by atoms with Crippen molar-refractivity contribution in [2.45, 2.75) is 25.0 Å². The van der Waals surface area contributed by atoms with E-state index in [0.29, 0.717) is 5.82 Å². The first-order valence-electron chi connectivity index (χ1n) is 8.67. The monoisotopic (exact) mass is 480 g/mol. The normalized spacial score (nSPS) is 11.4. The molecule has 1 aromatic carbocycles. The number of carbonyl (C=O) groups is 2. The lowest BCUT2D eigenvalue weighted by atomic mass is 10.3. The molecular weight excluding hydrogens is 462 g/mol. The fourth-order valence-electron chi connectivity index (χ4n) is 2.20. The molecule has 1 amide bonds. The third-order valence-electron chi connectivity index (χ3n) is 3.78. The summed E-state index contributed by atoms with van der Waals surface area (Å²) < 4.78 is 61.3. The van der Waals surface area contributed by atoms with Crippen LogP contribution in [-0.4, -0.2) is 49.6 Å². The lowest BCUT2D eigenvalue weighted by Crippen LogP contribution is -2.28. The molecule has 0 spiro atoms. The number of aryl methyl sites for hydroxylation is 2. The van der Waals surface area contributed by atoms with Crippen LogP contribution in [0.1, 0.15) is 12.2 Å². The SMILES string of the molecule is Cc1nc(S(=O)(=O)NCCC(=O)OCC(=O)Nc2ccc(OC(F)F)c(Cl)c2)cn1C. The van der Waals surface area contributed by atoms with Crippen LogP contribution in [0.15, 0.2) is 29.4 Å². The van der Waals surface area contributed by atoms with Gasteiger partial charge in [-0.05, 0) is 25.1 Å². The Morgan fingerprint density at radius 2 is 2.03 bits per heavy atom. The van der Waals surface area contributed by atoms with Gasteiger partial charge in [0.2, 0.25) is 0 Å². The zero-order valence-electron chi connectivity index (χ0n) is 16.4. The van der Waals surface area contributed by atoms with Gasteiger partial charge in [-0.25, -0.2) is 18.1 Å². The van der Waals surface area contributed by atoms with Gasteiger partial charge in [-0.2, -0.15) is 8.78 Å². The van der Waals surface area contributed by atoms with Crippen LogP contribution in [-0.2, 0) is 31.4 Å². The van der Waals surface area contributed by atoms with Crippen LogP contribution in [0.3, 0.4) is 0 Å². The second-order valence-corrected chi connectivity index (χ2v) is 8.24. The van der Waals surface area contributed by atoms with E-state index in [0.717, 1.165) is 6.07 Å². The summed E-state index contributed by atoms with van der Waals surface area (Å²) in [6.45, 7) is -2.30. The molecule has 0 bridgehead atoms. The molecule has 0 aliphatic rings. The van der Waals surface area contributed by atoms with Gasteiger partial charge in [-0.15, -0.1) is 0 Å². The zero-order chi connectivity index (χ0) is 23.2. The minimum Gasteiger partial charge on any atom is -0.456 e. The first kappa shape index (κ1) is 24.5. The summed E-state index contributed by atoms with van der Waals surface area (Å²) in [4.78, 5) is 27.4. The van der Waals surface area contributed by atoms with Gasteiger partial charge in [0.25, 0.3) is 15.9 Å². The highest BCUT2D eigenvalue weighted by Crippen LogP contribution is 2.28. The quantitative estimate of drug-likeness (QED) is 0.496. The standard InChI is InChI=1S/C17H19ClF2N4O6S/c1-10-22-15(8-24(10)2)31(27,28)21-6-5-16(26)29-9-14(25)23-11-3-4-13(12(18)7-11)30-17(19)20/h3-4,7-8,17,21H,5-6,9H2,1-2H3,(H,23,25). The van der Waals surface area contributed by atoms with E-state index in [-0.39, 0.29) is 34.5 Å². The minimum atomic E-state index is -3.88. The molecule has 0 saturated carbocycles. The maximum absolute atomic E-state index is 12.2. The maximum atomic E-state index is 12.2. The van der Waals surface area contributed by atoms with Crippen molar-refractivity contribution < 1.29 is 36.3 Å². The van der Waals surface area contributed by atoms with Crippen molar-refractivity contribution in [1.29, 1.82) is 0 Å². The Bertz CT molecular complexity index is 1040. The minimum absolute atomic E-state index is 0.148. The first-order chi connectivity index (χ1) is 14.5. The number of anilines is 1. The van der Waals surface area contributed by atoms with E-state index in [9.17, 15) is 26.8 Å². The Kier molecular flexibility index (Phi) is 8.30. The molecule has 1 heterocycles. The number of aromatic nitrogens is 2. The van der Waals surface area contributed by atoms with Crippen molar-refractivity contribution in [3.05, 3.63) is 35.2 Å². The van der Waals surface area contributed by atoms with Crippen molar-refractivity contribution in [1.82, 2.24) is 14.3 Å². The van der Waals surface area contributed by atoms with Crippen LogP contribution in [0.2, 0.25) is 5.02 Å². The molecule has 1 aromatic heterocycles. The zero-order valence-corrected chi connectivity index (χ0v) is 18.0. The van der Waals surface area contributed by atoms with Crippen molar-refractivity contribution in [2.75, 3.05) is 18.5 Å².